The van der Waals surface area contributed by atoms with Crippen LogP contribution in [0.5, 0.6) is 0 Å². The lowest BCUT2D eigenvalue weighted by Crippen LogP contribution is -2.39. The number of hydrogen-bond acceptors (Lipinski definition) is 3. The van der Waals surface area contributed by atoms with E-state index < -0.39 is 0 Å². The molecular formula is C13H18N2O2. The van der Waals surface area contributed by atoms with Crippen LogP contribution >= 0.6 is 0 Å². The zero-order valence-corrected chi connectivity index (χ0v) is 10.1. The van der Waals surface area contributed by atoms with Gasteiger partial charge in [0, 0.05) is 25.5 Å². The Kier molecular flexibility index (Phi) is 4.09. The second kappa shape index (κ2) is 5.77. The summed E-state index contributed by atoms with van der Waals surface area (Å²) in [5.74, 6) is 0.0830. The Morgan fingerprint density at radius 2 is 2.29 bits per heavy atom. The van der Waals surface area contributed by atoms with Gasteiger partial charge in [0.15, 0.2) is 0 Å². The molecule has 92 valence electrons. The van der Waals surface area contributed by atoms with Gasteiger partial charge in [-0.1, -0.05) is 0 Å². The van der Waals surface area contributed by atoms with Crippen LogP contribution in [0, 0.1) is 5.92 Å². The van der Waals surface area contributed by atoms with Gasteiger partial charge in [-0.3, -0.25) is 9.78 Å². The molecule has 4 nitrogen and oxygen atoms in total. The van der Waals surface area contributed by atoms with Crippen LogP contribution < -0.4 is 5.32 Å². The Labute approximate surface area is 101 Å². The molecule has 1 saturated heterocycles. The van der Waals surface area contributed by atoms with Gasteiger partial charge in [-0.25, -0.2) is 0 Å². The van der Waals surface area contributed by atoms with Crippen LogP contribution in [0.4, 0.5) is 0 Å². The quantitative estimate of drug-likeness (QED) is 0.862. The van der Waals surface area contributed by atoms with Gasteiger partial charge in [0.2, 0.25) is 5.91 Å². The average Bonchev–Trinajstić information content (AvgIpc) is 2.38. The van der Waals surface area contributed by atoms with Gasteiger partial charge in [-0.15, -0.1) is 0 Å². The van der Waals surface area contributed by atoms with Crippen molar-refractivity contribution in [3.63, 3.8) is 0 Å². The fourth-order valence-corrected chi connectivity index (χ4v) is 2.09. The zero-order chi connectivity index (χ0) is 12.1. The van der Waals surface area contributed by atoms with Crippen LogP contribution in [-0.4, -0.2) is 23.6 Å². The number of rotatable bonds is 3. The number of nitrogens with one attached hydrogen (secondary N) is 1. The summed E-state index contributed by atoms with van der Waals surface area (Å²) in [5, 5.41) is 2.95. The number of hydrogen-bond donors (Lipinski definition) is 1. The molecule has 2 rings (SSSR count). The van der Waals surface area contributed by atoms with Crippen molar-refractivity contribution in [2.45, 2.75) is 32.4 Å². The molecule has 2 unspecified atom stereocenters. The van der Waals surface area contributed by atoms with Crippen molar-refractivity contribution in [3.05, 3.63) is 30.1 Å². The summed E-state index contributed by atoms with van der Waals surface area (Å²) in [6.45, 7) is 3.30. The topological polar surface area (TPSA) is 51.2 Å². The molecule has 0 bridgehead atoms. The molecule has 1 aliphatic heterocycles. The highest BCUT2D eigenvalue weighted by Crippen LogP contribution is 2.20. The molecule has 2 heterocycles. The van der Waals surface area contributed by atoms with E-state index >= 15 is 0 Å². The summed E-state index contributed by atoms with van der Waals surface area (Å²) < 4.78 is 5.49. The van der Waals surface area contributed by atoms with Gasteiger partial charge in [0.1, 0.15) is 0 Å². The second-order valence-corrected chi connectivity index (χ2v) is 4.40. The van der Waals surface area contributed by atoms with Crippen LogP contribution in [0.25, 0.3) is 0 Å². The van der Waals surface area contributed by atoms with Crippen molar-refractivity contribution < 1.29 is 9.53 Å². The normalized spacial score (nSPS) is 24.3. The summed E-state index contributed by atoms with van der Waals surface area (Å²) in [7, 11) is 0. The Morgan fingerprint density at radius 1 is 1.53 bits per heavy atom. The maximum atomic E-state index is 12.0. The first-order valence-corrected chi connectivity index (χ1v) is 6.05. The van der Waals surface area contributed by atoms with Crippen molar-refractivity contribution in [2.75, 3.05) is 6.61 Å². The molecule has 0 spiro atoms. The molecule has 0 radical (unpaired) electrons. The molecule has 1 amide bonds. The highest BCUT2D eigenvalue weighted by Gasteiger charge is 2.28. The molecule has 0 saturated carbocycles. The van der Waals surface area contributed by atoms with Gasteiger partial charge in [0.05, 0.1) is 12.0 Å². The van der Waals surface area contributed by atoms with E-state index in [1.165, 1.54) is 0 Å². The fraction of sp³-hybridized carbons (Fsp3) is 0.538. The molecule has 1 aromatic rings. The number of aromatic nitrogens is 1. The number of carbonyl (C=O) groups excluding carboxylic acids is 1. The molecule has 1 aromatic heterocycles. The Morgan fingerprint density at radius 3 is 3.00 bits per heavy atom. The van der Waals surface area contributed by atoms with Crippen molar-refractivity contribution in [1.82, 2.24) is 10.3 Å². The molecule has 1 N–H and O–H groups in total. The van der Waals surface area contributed by atoms with Gasteiger partial charge in [-0.2, -0.15) is 0 Å². The van der Waals surface area contributed by atoms with E-state index in [4.69, 9.17) is 4.74 Å². The summed E-state index contributed by atoms with van der Waals surface area (Å²) in [6, 6.07) is 3.81. The first-order valence-electron chi connectivity index (χ1n) is 6.05. The van der Waals surface area contributed by atoms with Crippen LogP contribution in [0.2, 0.25) is 0 Å². The van der Waals surface area contributed by atoms with E-state index in [1.807, 2.05) is 19.1 Å². The van der Waals surface area contributed by atoms with E-state index in [1.54, 1.807) is 12.4 Å². The minimum atomic E-state index is -0.00872. The minimum absolute atomic E-state index is 0.00872. The summed E-state index contributed by atoms with van der Waals surface area (Å²) in [4.78, 5) is 15.9. The maximum absolute atomic E-state index is 12.0. The van der Waals surface area contributed by atoms with Crippen LogP contribution in [0.15, 0.2) is 24.5 Å². The number of ether oxygens (including phenoxy) is 1. The first-order chi connectivity index (χ1) is 8.27. The standard InChI is InChI=1S/C13H18N2O2/c1-10-12(3-2-8-17-10)13(16)15-9-11-4-6-14-7-5-11/h4-7,10,12H,2-3,8-9H2,1H3,(H,15,16). The monoisotopic (exact) mass is 234 g/mol. The zero-order valence-electron chi connectivity index (χ0n) is 10.1. The third-order valence-electron chi connectivity index (χ3n) is 3.16. The molecule has 2 atom stereocenters. The van der Waals surface area contributed by atoms with Crippen molar-refractivity contribution in [1.29, 1.82) is 0 Å². The van der Waals surface area contributed by atoms with E-state index in [0.29, 0.717) is 6.54 Å². The average molecular weight is 234 g/mol. The van der Waals surface area contributed by atoms with Gasteiger partial charge in [0.25, 0.3) is 0 Å². The highest BCUT2D eigenvalue weighted by atomic mass is 16.5. The SMILES string of the molecule is CC1OCCCC1C(=O)NCc1ccncc1. The van der Waals surface area contributed by atoms with Crippen molar-refractivity contribution in [2.24, 2.45) is 5.92 Å². The third kappa shape index (κ3) is 3.27. The summed E-state index contributed by atoms with van der Waals surface area (Å²) in [6.07, 6.45) is 5.38. The van der Waals surface area contributed by atoms with Gasteiger partial charge in [-0.05, 0) is 37.5 Å². The Hall–Kier alpha value is -1.42. The minimum Gasteiger partial charge on any atom is -0.378 e. The Bertz CT molecular complexity index is 367. The van der Waals surface area contributed by atoms with Gasteiger partial charge >= 0.3 is 0 Å². The second-order valence-electron chi connectivity index (χ2n) is 4.40. The molecule has 4 heteroatoms. The lowest BCUT2D eigenvalue weighted by molar-refractivity contribution is -0.133. The third-order valence-corrected chi connectivity index (χ3v) is 3.16. The van der Waals surface area contributed by atoms with Gasteiger partial charge < -0.3 is 10.1 Å². The highest BCUT2D eigenvalue weighted by molar-refractivity contribution is 5.79. The Balaban J connectivity index is 1.84. The van der Waals surface area contributed by atoms with Crippen molar-refractivity contribution >= 4 is 5.91 Å². The number of pyridine rings is 1. The number of carbonyl (C=O) groups is 1. The number of nitrogens with zero attached hydrogens (tertiary/aromatic N) is 1. The smallest absolute Gasteiger partial charge is 0.225 e. The fourth-order valence-electron chi connectivity index (χ4n) is 2.09. The summed E-state index contributed by atoms with van der Waals surface area (Å²) in [5.41, 5.74) is 1.07. The molecule has 0 aromatic carbocycles. The van der Waals surface area contributed by atoms with Crippen LogP contribution in [0.1, 0.15) is 25.3 Å². The van der Waals surface area contributed by atoms with Crippen LogP contribution in [-0.2, 0) is 16.1 Å². The first kappa shape index (κ1) is 12.0. The predicted molar refractivity (Wildman–Crippen MR) is 64.2 cm³/mol. The largest absolute Gasteiger partial charge is 0.378 e. The molecule has 1 aliphatic rings. The predicted octanol–water partition coefficient (Wildman–Crippen LogP) is 1.51. The molecule has 0 aliphatic carbocycles. The van der Waals surface area contributed by atoms with E-state index in [2.05, 4.69) is 10.3 Å². The molecular weight excluding hydrogens is 216 g/mol. The van der Waals surface area contributed by atoms with Crippen LogP contribution in [0.3, 0.4) is 0 Å². The summed E-state index contributed by atoms with van der Waals surface area (Å²) >= 11 is 0. The maximum Gasteiger partial charge on any atom is 0.225 e. The lowest BCUT2D eigenvalue weighted by atomic mass is 9.94. The lowest BCUT2D eigenvalue weighted by Gasteiger charge is -2.28. The van der Waals surface area contributed by atoms with E-state index in [0.717, 1.165) is 25.0 Å². The molecule has 1 fully saturated rings. The van der Waals surface area contributed by atoms with E-state index in [9.17, 15) is 4.79 Å². The number of amides is 1. The van der Waals surface area contributed by atoms with E-state index in [-0.39, 0.29) is 17.9 Å². The van der Waals surface area contributed by atoms with Crippen molar-refractivity contribution in [3.8, 4) is 0 Å². The molecule has 17 heavy (non-hydrogen) atoms.